The number of allylic oxidation sites excluding steroid dienone is 3. The molecule has 0 fully saturated rings. The summed E-state index contributed by atoms with van der Waals surface area (Å²) < 4.78 is 0. The van der Waals surface area contributed by atoms with E-state index in [0.29, 0.717) is 10.3 Å². The van der Waals surface area contributed by atoms with Crippen LogP contribution in [0, 0.1) is 0 Å². The van der Waals surface area contributed by atoms with E-state index in [1.54, 1.807) is 0 Å². The summed E-state index contributed by atoms with van der Waals surface area (Å²) in [6.07, 6.45) is 6.46. The molecule has 157 valence electrons. The van der Waals surface area contributed by atoms with Gasteiger partial charge in [0.05, 0.1) is 10.3 Å². The Morgan fingerprint density at radius 2 is 1.44 bits per heavy atom. The zero-order valence-electron chi connectivity index (χ0n) is 18.2. The molecule has 0 amide bonds. The Hall–Kier alpha value is -0.731. The van der Waals surface area contributed by atoms with E-state index >= 15 is 0 Å². The third kappa shape index (κ3) is 12.4. The molecule has 27 heavy (non-hydrogen) atoms. The summed E-state index contributed by atoms with van der Waals surface area (Å²) in [5.74, 6) is 2.47. The molecule has 0 saturated carbocycles. The maximum atomic E-state index is 7.75. The molecule has 4 nitrogen and oxygen atoms in total. The summed E-state index contributed by atoms with van der Waals surface area (Å²) in [6.45, 7) is 28.2. The van der Waals surface area contributed by atoms with Gasteiger partial charge in [0.2, 0.25) is 0 Å². The van der Waals surface area contributed by atoms with Gasteiger partial charge in [0, 0.05) is 37.4 Å². The minimum Gasteiger partial charge on any atom is -0.658 e. The van der Waals surface area contributed by atoms with Gasteiger partial charge < -0.3 is 19.8 Å². The third-order valence-corrected chi connectivity index (χ3v) is 7.83. The first-order valence-corrected chi connectivity index (χ1v) is 10.5. The van der Waals surface area contributed by atoms with Crippen molar-refractivity contribution in [3.63, 3.8) is 0 Å². The van der Waals surface area contributed by atoms with Crippen molar-refractivity contribution < 1.29 is 26.7 Å². The Kier molecular flexibility index (Phi) is 17.5. The predicted molar refractivity (Wildman–Crippen MR) is 118 cm³/mol. The van der Waals surface area contributed by atoms with Gasteiger partial charge in [0.15, 0.2) is 0 Å². The van der Waals surface area contributed by atoms with Gasteiger partial charge in [-0.05, 0) is 54.6 Å². The molecule has 1 radical (unpaired) electrons. The van der Waals surface area contributed by atoms with Crippen LogP contribution in [0.3, 0.4) is 0 Å². The molecule has 0 spiro atoms. The van der Waals surface area contributed by atoms with E-state index in [1.807, 2.05) is 0 Å². The molecule has 1 aliphatic heterocycles. The van der Waals surface area contributed by atoms with Gasteiger partial charge in [-0.1, -0.05) is 32.1 Å². The van der Waals surface area contributed by atoms with Gasteiger partial charge in [-0.25, -0.2) is 0 Å². The van der Waals surface area contributed by atoms with Gasteiger partial charge in [-0.15, -0.1) is 11.4 Å². The third-order valence-electron chi connectivity index (χ3n) is 4.02. The molecule has 1 aliphatic rings. The molecule has 0 aromatic rings. The second-order valence-corrected chi connectivity index (χ2v) is 12.2. The first kappa shape index (κ1) is 31.0. The molecule has 0 aromatic heterocycles. The fraction of sp³-hybridized carbons (Fsp3) is 0.619. The molecule has 0 atom stereocenters. The fourth-order valence-electron chi connectivity index (χ4n) is 3.05. The van der Waals surface area contributed by atoms with E-state index in [4.69, 9.17) is 14.9 Å². The SMILES string of the molecule is CCN(CC)CC1=CC=CC(=C[PH+](C(C)(C)C)C(C)(C)C)[N-]1.[CH-]=O.[CH-]=O.[Mn]. The number of hydrogen-bond donors (Lipinski definition) is 0. The Morgan fingerprint density at radius 3 is 1.81 bits per heavy atom. The first-order valence-electron chi connectivity index (χ1n) is 8.96. The molecular weight excluding hydrogens is 398 g/mol. The minimum atomic E-state index is -0.684. The van der Waals surface area contributed by atoms with Crippen LogP contribution < -0.4 is 0 Å². The van der Waals surface area contributed by atoms with Gasteiger partial charge in [-0.2, -0.15) is 0 Å². The largest absolute Gasteiger partial charge is 0.658 e. The maximum absolute atomic E-state index is 7.75. The standard InChI is InChI=1S/C19H34N2P.2CHO.Mn/c1-9-21(10-2)14-16-12-11-13-17(20-16)15-22(18(3,4)5)19(6,7)8;2*1-2;/h11-13,15H,9-10,14H2,1-8H3;2*1H;/q3*-1;/p+1. The van der Waals surface area contributed by atoms with Crippen molar-refractivity contribution in [2.24, 2.45) is 0 Å². The normalized spacial score (nSPS) is 15.0. The van der Waals surface area contributed by atoms with Crippen LogP contribution in [0.15, 0.2) is 35.4 Å². The smallest absolute Gasteiger partial charge is 0.0738 e. The zero-order chi connectivity index (χ0) is 21.0. The van der Waals surface area contributed by atoms with E-state index in [1.165, 1.54) is 5.70 Å². The summed E-state index contributed by atoms with van der Waals surface area (Å²) >= 11 is 0. The van der Waals surface area contributed by atoms with E-state index in [2.05, 4.69) is 97.9 Å². The molecule has 0 saturated heterocycles. The first-order chi connectivity index (χ1) is 12.1. The summed E-state index contributed by atoms with van der Waals surface area (Å²) in [5.41, 5.74) is 2.34. The Bertz CT molecular complexity index is 471. The summed E-state index contributed by atoms with van der Waals surface area (Å²) in [4.78, 5) is 17.9. The summed E-state index contributed by atoms with van der Waals surface area (Å²) in [6, 6.07) is 0. The van der Waals surface area contributed by atoms with Crippen LogP contribution in [0.25, 0.3) is 5.32 Å². The Morgan fingerprint density at radius 1 is 1.00 bits per heavy atom. The molecule has 0 unspecified atom stereocenters. The predicted octanol–water partition coefficient (Wildman–Crippen LogP) is 5.26. The van der Waals surface area contributed by atoms with Crippen molar-refractivity contribution in [2.45, 2.75) is 65.7 Å². The van der Waals surface area contributed by atoms with Crippen molar-refractivity contribution in [3.05, 3.63) is 40.8 Å². The molecule has 0 aliphatic carbocycles. The van der Waals surface area contributed by atoms with Gasteiger partial charge >= 0.3 is 0 Å². The van der Waals surface area contributed by atoms with Crippen LogP contribution in [0.4, 0.5) is 0 Å². The molecule has 6 heteroatoms. The van der Waals surface area contributed by atoms with Crippen LogP contribution >= 0.6 is 7.92 Å². The van der Waals surface area contributed by atoms with Crippen LogP contribution in [0.2, 0.25) is 0 Å². The molecule has 1 heterocycles. The molecule has 1 rings (SSSR count). The average molecular weight is 435 g/mol. The van der Waals surface area contributed by atoms with Crippen LogP contribution in [-0.4, -0.2) is 48.4 Å². The van der Waals surface area contributed by atoms with Gasteiger partial charge in [0.25, 0.3) is 0 Å². The fourth-order valence-corrected chi connectivity index (χ4v) is 6.62. The minimum absolute atomic E-state index is 0. The van der Waals surface area contributed by atoms with Gasteiger partial charge in [0.1, 0.15) is 0 Å². The van der Waals surface area contributed by atoms with Crippen molar-refractivity contribution in [1.29, 1.82) is 0 Å². The quantitative estimate of drug-likeness (QED) is 0.256. The van der Waals surface area contributed by atoms with Crippen molar-refractivity contribution in [2.75, 3.05) is 19.6 Å². The molecule has 0 aromatic carbocycles. The number of rotatable bonds is 5. The van der Waals surface area contributed by atoms with Crippen LogP contribution in [-0.2, 0) is 26.7 Å². The van der Waals surface area contributed by atoms with E-state index in [9.17, 15) is 0 Å². The molecular formula is C21H37MnN2O2P-2. The Labute approximate surface area is 179 Å². The monoisotopic (exact) mass is 435 g/mol. The number of carbonyl (C=O) groups excluding carboxylic acids is 2. The van der Waals surface area contributed by atoms with E-state index < -0.39 is 7.92 Å². The maximum Gasteiger partial charge on any atom is 0.0738 e. The number of hydrogen-bond acceptors (Lipinski definition) is 3. The molecule has 0 N–H and O–H groups in total. The van der Waals surface area contributed by atoms with E-state index in [-0.39, 0.29) is 17.1 Å². The molecule has 0 bridgehead atoms. The van der Waals surface area contributed by atoms with Crippen LogP contribution in [0.5, 0.6) is 0 Å². The zero-order valence-corrected chi connectivity index (χ0v) is 20.4. The Balaban J connectivity index is -0.00000108. The van der Waals surface area contributed by atoms with Gasteiger partial charge in [-0.3, -0.25) is 13.6 Å². The second-order valence-electron chi connectivity index (χ2n) is 8.07. The second kappa shape index (κ2) is 15.2. The average Bonchev–Trinajstić information content (AvgIpc) is 2.59. The van der Waals surface area contributed by atoms with Crippen molar-refractivity contribution >= 4 is 21.5 Å². The number of likely N-dealkylation sites (N-methyl/N-ethyl adjacent to an activating group) is 1. The van der Waals surface area contributed by atoms with Crippen LogP contribution in [0.1, 0.15) is 55.4 Å². The van der Waals surface area contributed by atoms with E-state index in [0.717, 1.165) is 25.3 Å². The summed E-state index contributed by atoms with van der Waals surface area (Å²) in [5, 5.41) is 5.57. The van der Waals surface area contributed by atoms with Crippen molar-refractivity contribution in [3.8, 4) is 0 Å². The van der Waals surface area contributed by atoms with Crippen molar-refractivity contribution in [1.82, 2.24) is 4.90 Å². The topological polar surface area (TPSA) is 51.5 Å². The number of nitrogens with zero attached hydrogens (tertiary/aromatic N) is 2. The summed E-state index contributed by atoms with van der Waals surface area (Å²) in [7, 11) is -0.684.